The number of ketones is 1. The number of hydrogen-bond donors (Lipinski definition) is 0. The minimum atomic E-state index is -0.567. The smallest absolute Gasteiger partial charge is 0.341 e. The Morgan fingerprint density at radius 1 is 1.47 bits per heavy atom. The lowest BCUT2D eigenvalue weighted by Gasteiger charge is -2.06. The first-order valence-electron chi connectivity index (χ1n) is 5.03. The quantitative estimate of drug-likeness (QED) is 0.222. The normalized spacial score (nSPS) is 13.1. The second-order valence-corrected chi connectivity index (χ2v) is 3.41. The molecule has 0 N–H and O–H groups in total. The first-order chi connectivity index (χ1) is 7.02. The average molecular weight is 210 g/mol. The van der Waals surface area contributed by atoms with E-state index in [9.17, 15) is 9.59 Å². The molecule has 0 bridgehead atoms. The summed E-state index contributed by atoms with van der Waals surface area (Å²) in [5.41, 5.74) is 0.131. The summed E-state index contributed by atoms with van der Waals surface area (Å²) in [6, 6.07) is 0. The van der Waals surface area contributed by atoms with Crippen LogP contribution in [0.25, 0.3) is 0 Å². The van der Waals surface area contributed by atoms with Crippen LogP contribution in [0, 0.1) is 5.92 Å². The number of carbonyl (C=O) groups excluding carboxylic acids is 2. The molecule has 0 aliphatic rings. The summed E-state index contributed by atoms with van der Waals surface area (Å²) in [5.74, 6) is -0.632. The van der Waals surface area contributed by atoms with Crippen molar-refractivity contribution >= 4 is 11.8 Å². The van der Waals surface area contributed by atoms with Gasteiger partial charge in [0, 0.05) is 0 Å². The van der Waals surface area contributed by atoms with Crippen molar-refractivity contribution in [2.75, 3.05) is 6.61 Å². The maximum atomic E-state index is 11.4. The summed E-state index contributed by atoms with van der Waals surface area (Å²) in [5, 5.41) is 0. The molecule has 3 heteroatoms. The maximum absolute atomic E-state index is 11.4. The molecule has 0 fully saturated rings. The average Bonchev–Trinajstić information content (AvgIpc) is 2.21. The molecular weight excluding hydrogens is 192 g/mol. The van der Waals surface area contributed by atoms with Crippen LogP contribution in [-0.4, -0.2) is 18.4 Å². The van der Waals surface area contributed by atoms with Crippen LogP contribution in [0.3, 0.4) is 0 Å². The molecule has 0 amide bonds. The van der Waals surface area contributed by atoms with E-state index in [1.165, 1.54) is 13.0 Å². The van der Waals surface area contributed by atoms with Crippen LogP contribution in [0.1, 0.15) is 27.2 Å². The summed E-state index contributed by atoms with van der Waals surface area (Å²) in [7, 11) is 0. The van der Waals surface area contributed by atoms with Gasteiger partial charge in [-0.05, 0) is 12.8 Å². The van der Waals surface area contributed by atoms with Crippen molar-refractivity contribution < 1.29 is 14.3 Å². The van der Waals surface area contributed by atoms with E-state index in [1.807, 2.05) is 13.8 Å². The zero-order valence-corrected chi connectivity index (χ0v) is 9.58. The number of ether oxygens (including phenoxy) is 1. The molecule has 0 aromatic heterocycles. The van der Waals surface area contributed by atoms with Gasteiger partial charge in [0.1, 0.15) is 6.61 Å². The minimum absolute atomic E-state index is 0.129. The van der Waals surface area contributed by atoms with Crippen LogP contribution in [0.15, 0.2) is 24.3 Å². The first kappa shape index (κ1) is 13.6. The number of rotatable bonds is 6. The summed E-state index contributed by atoms with van der Waals surface area (Å²) >= 11 is 0. The molecule has 0 saturated carbocycles. The highest BCUT2D eigenvalue weighted by Crippen LogP contribution is 2.09. The van der Waals surface area contributed by atoms with Crippen molar-refractivity contribution in [1.29, 1.82) is 0 Å². The van der Waals surface area contributed by atoms with Gasteiger partial charge in [-0.15, -0.1) is 0 Å². The van der Waals surface area contributed by atoms with Gasteiger partial charge in [-0.25, -0.2) is 4.79 Å². The molecule has 84 valence electrons. The van der Waals surface area contributed by atoms with Crippen molar-refractivity contribution in [3.63, 3.8) is 0 Å². The van der Waals surface area contributed by atoms with Crippen LogP contribution in [0.2, 0.25) is 0 Å². The molecule has 15 heavy (non-hydrogen) atoms. The Morgan fingerprint density at radius 2 is 2.07 bits per heavy atom. The minimum Gasteiger partial charge on any atom is -0.458 e. The fraction of sp³-hybridized carbons (Fsp3) is 0.500. The molecule has 0 aromatic rings. The predicted octanol–water partition coefficient (Wildman–Crippen LogP) is 2.28. The number of carbonyl (C=O) groups is 2. The highest BCUT2D eigenvalue weighted by atomic mass is 16.5. The molecule has 0 aliphatic heterocycles. The molecule has 1 atom stereocenters. The number of hydrogen-bond acceptors (Lipinski definition) is 3. The summed E-state index contributed by atoms with van der Waals surface area (Å²) in [6.45, 7) is 8.87. The van der Waals surface area contributed by atoms with Crippen molar-refractivity contribution in [3.8, 4) is 0 Å². The second kappa shape index (κ2) is 6.98. The SMILES string of the molecule is C=CCOC(=O)/C(=C/C(C)CC)C(C)=O. The first-order valence-corrected chi connectivity index (χ1v) is 5.03. The summed E-state index contributed by atoms with van der Waals surface area (Å²) in [4.78, 5) is 22.6. The maximum Gasteiger partial charge on any atom is 0.341 e. The number of Topliss-reactive ketones (excluding diaryl/α,β-unsaturated/α-hetero) is 1. The Labute approximate surface area is 90.8 Å². The molecule has 0 aromatic carbocycles. The van der Waals surface area contributed by atoms with Gasteiger partial charge in [0.05, 0.1) is 5.57 Å². The van der Waals surface area contributed by atoms with Gasteiger partial charge in [0.25, 0.3) is 0 Å². The van der Waals surface area contributed by atoms with Crippen molar-refractivity contribution in [2.24, 2.45) is 5.92 Å². The van der Waals surface area contributed by atoms with Crippen LogP contribution < -0.4 is 0 Å². The van der Waals surface area contributed by atoms with Crippen LogP contribution in [0.5, 0.6) is 0 Å². The van der Waals surface area contributed by atoms with Gasteiger partial charge >= 0.3 is 5.97 Å². The fourth-order valence-electron chi connectivity index (χ4n) is 0.944. The van der Waals surface area contributed by atoms with E-state index in [-0.39, 0.29) is 23.9 Å². The molecule has 1 unspecified atom stereocenters. The van der Waals surface area contributed by atoms with E-state index in [4.69, 9.17) is 4.74 Å². The molecule has 0 aliphatic carbocycles. The van der Waals surface area contributed by atoms with Crippen molar-refractivity contribution in [1.82, 2.24) is 0 Å². The Bertz CT molecular complexity index is 277. The van der Waals surface area contributed by atoms with E-state index in [1.54, 1.807) is 6.08 Å². The van der Waals surface area contributed by atoms with E-state index >= 15 is 0 Å². The monoisotopic (exact) mass is 210 g/mol. The molecule has 0 radical (unpaired) electrons. The Morgan fingerprint density at radius 3 is 2.47 bits per heavy atom. The standard InChI is InChI=1S/C12H18O3/c1-5-7-15-12(14)11(10(4)13)8-9(3)6-2/h5,8-9H,1,6-7H2,2-4H3/b11-8+. The van der Waals surface area contributed by atoms with Crippen LogP contribution >= 0.6 is 0 Å². The highest BCUT2D eigenvalue weighted by molar-refractivity contribution is 6.16. The molecule has 0 heterocycles. The summed E-state index contributed by atoms with van der Waals surface area (Å²) in [6.07, 6.45) is 4.01. The highest BCUT2D eigenvalue weighted by Gasteiger charge is 2.16. The molecular formula is C12H18O3. The topological polar surface area (TPSA) is 43.4 Å². The zero-order valence-electron chi connectivity index (χ0n) is 9.58. The molecule has 0 rings (SSSR count). The van der Waals surface area contributed by atoms with E-state index in [2.05, 4.69) is 6.58 Å². The van der Waals surface area contributed by atoms with Crippen molar-refractivity contribution in [3.05, 3.63) is 24.3 Å². The van der Waals surface area contributed by atoms with Crippen molar-refractivity contribution in [2.45, 2.75) is 27.2 Å². The van der Waals surface area contributed by atoms with E-state index < -0.39 is 5.97 Å². The Kier molecular flexibility index (Phi) is 6.34. The molecule has 3 nitrogen and oxygen atoms in total. The molecule has 0 spiro atoms. The molecule has 0 saturated heterocycles. The van der Waals surface area contributed by atoms with Gasteiger partial charge in [-0.3, -0.25) is 4.79 Å². The lowest BCUT2D eigenvalue weighted by molar-refractivity contribution is -0.139. The lowest BCUT2D eigenvalue weighted by atomic mass is 10.0. The van der Waals surface area contributed by atoms with Gasteiger partial charge in [-0.2, -0.15) is 0 Å². The van der Waals surface area contributed by atoms with Gasteiger partial charge < -0.3 is 4.74 Å². The fourth-order valence-corrected chi connectivity index (χ4v) is 0.944. The Balaban J connectivity index is 4.66. The third-order valence-corrected chi connectivity index (χ3v) is 2.03. The van der Waals surface area contributed by atoms with Gasteiger partial charge in [0.2, 0.25) is 0 Å². The number of esters is 1. The predicted molar refractivity (Wildman–Crippen MR) is 59.4 cm³/mol. The van der Waals surface area contributed by atoms with Crippen LogP contribution in [-0.2, 0) is 14.3 Å². The number of allylic oxidation sites excluding steroid dienone is 1. The van der Waals surface area contributed by atoms with E-state index in [0.717, 1.165) is 6.42 Å². The van der Waals surface area contributed by atoms with Gasteiger partial charge in [-0.1, -0.05) is 39.0 Å². The largest absolute Gasteiger partial charge is 0.458 e. The lowest BCUT2D eigenvalue weighted by Crippen LogP contribution is -2.15. The second-order valence-electron chi connectivity index (χ2n) is 3.41. The zero-order chi connectivity index (χ0) is 11.8. The van der Waals surface area contributed by atoms with Gasteiger partial charge in [0.15, 0.2) is 5.78 Å². The summed E-state index contributed by atoms with van der Waals surface area (Å²) < 4.78 is 4.81. The Hall–Kier alpha value is -1.38. The third-order valence-electron chi connectivity index (χ3n) is 2.03. The van der Waals surface area contributed by atoms with Crippen LogP contribution in [0.4, 0.5) is 0 Å². The third kappa shape index (κ3) is 5.15. The van der Waals surface area contributed by atoms with E-state index in [0.29, 0.717) is 0 Å².